The maximum absolute atomic E-state index is 6.01. The maximum atomic E-state index is 6.01. The topological polar surface area (TPSA) is 47.7 Å². The van der Waals surface area contributed by atoms with Gasteiger partial charge in [0.25, 0.3) is 0 Å². The Morgan fingerprint density at radius 1 is 1.18 bits per heavy atom. The van der Waals surface area contributed by atoms with Gasteiger partial charge in [0.2, 0.25) is 0 Å². The first kappa shape index (κ1) is 16.8. The van der Waals surface area contributed by atoms with Gasteiger partial charge < -0.3 is 15.2 Å². The molecule has 0 aromatic rings. The lowest BCUT2D eigenvalue weighted by molar-refractivity contribution is -0.00495. The molecule has 1 atom stereocenters. The normalized spacial score (nSPS) is 14.3. The minimum Gasteiger partial charge on any atom is -0.383 e. The quantitative estimate of drug-likeness (QED) is 0.634. The summed E-state index contributed by atoms with van der Waals surface area (Å²) in [5.41, 5.74) is 6.08. The van der Waals surface area contributed by atoms with E-state index in [-0.39, 0.29) is 5.54 Å². The van der Waals surface area contributed by atoms with Crippen molar-refractivity contribution in [1.82, 2.24) is 4.90 Å². The maximum Gasteiger partial charge on any atom is 0.0615 e. The molecule has 4 heteroatoms. The lowest BCUT2D eigenvalue weighted by Gasteiger charge is -2.45. The van der Waals surface area contributed by atoms with Gasteiger partial charge in [-0.25, -0.2) is 0 Å². The number of nitrogens with zero attached hydrogens (tertiary/aromatic N) is 1. The van der Waals surface area contributed by atoms with E-state index >= 15 is 0 Å². The molecule has 0 heterocycles. The summed E-state index contributed by atoms with van der Waals surface area (Å²) in [5.74, 6) is 0. The van der Waals surface area contributed by atoms with Crippen molar-refractivity contribution >= 4 is 0 Å². The molecule has 0 spiro atoms. The Hall–Kier alpha value is -0.160. The first-order valence-corrected chi connectivity index (χ1v) is 6.56. The molecule has 0 aliphatic carbocycles. The molecule has 0 saturated heterocycles. The van der Waals surface area contributed by atoms with Crippen molar-refractivity contribution in [1.29, 1.82) is 0 Å². The highest BCUT2D eigenvalue weighted by Crippen LogP contribution is 2.25. The van der Waals surface area contributed by atoms with Crippen molar-refractivity contribution in [3.8, 4) is 0 Å². The summed E-state index contributed by atoms with van der Waals surface area (Å²) >= 11 is 0. The predicted molar refractivity (Wildman–Crippen MR) is 72.3 cm³/mol. The van der Waals surface area contributed by atoms with Crippen LogP contribution in [0.25, 0.3) is 0 Å². The number of nitrogens with two attached hydrogens (primary N) is 1. The van der Waals surface area contributed by atoms with Crippen molar-refractivity contribution in [2.75, 3.05) is 40.5 Å². The standard InChI is InChI=1S/C13H30N2O2/c1-6-13(7-2,11-14)15(8-9-16-4)12(3)10-17-5/h12H,6-11,14H2,1-5H3. The van der Waals surface area contributed by atoms with Crippen LogP contribution in [0.15, 0.2) is 0 Å². The molecule has 0 saturated carbocycles. The fourth-order valence-corrected chi connectivity index (χ4v) is 2.51. The minimum atomic E-state index is 0.0659. The second-order valence-electron chi connectivity index (χ2n) is 4.63. The van der Waals surface area contributed by atoms with Gasteiger partial charge in [-0.3, -0.25) is 4.90 Å². The van der Waals surface area contributed by atoms with E-state index < -0.39 is 0 Å². The molecular formula is C13H30N2O2. The zero-order chi connectivity index (χ0) is 13.3. The van der Waals surface area contributed by atoms with Gasteiger partial charge in [0.1, 0.15) is 0 Å². The molecule has 0 amide bonds. The third-order valence-electron chi connectivity index (χ3n) is 3.78. The lowest BCUT2D eigenvalue weighted by Crippen LogP contribution is -2.58. The molecule has 0 aromatic heterocycles. The molecule has 4 nitrogen and oxygen atoms in total. The molecule has 0 radical (unpaired) electrons. The van der Waals surface area contributed by atoms with Gasteiger partial charge in [0, 0.05) is 38.9 Å². The van der Waals surface area contributed by atoms with Gasteiger partial charge in [-0.2, -0.15) is 0 Å². The Kier molecular flexibility index (Phi) is 8.78. The van der Waals surface area contributed by atoms with E-state index in [1.54, 1.807) is 14.2 Å². The van der Waals surface area contributed by atoms with Crippen molar-refractivity contribution < 1.29 is 9.47 Å². The fourth-order valence-electron chi connectivity index (χ4n) is 2.51. The Bertz CT molecular complexity index is 176. The monoisotopic (exact) mass is 246 g/mol. The Morgan fingerprint density at radius 3 is 2.12 bits per heavy atom. The second kappa shape index (κ2) is 8.86. The first-order chi connectivity index (χ1) is 8.11. The molecule has 17 heavy (non-hydrogen) atoms. The van der Waals surface area contributed by atoms with Crippen LogP contribution in [0.2, 0.25) is 0 Å². The molecule has 0 aromatic carbocycles. The molecule has 2 N–H and O–H groups in total. The average Bonchev–Trinajstić information content (AvgIpc) is 2.35. The van der Waals surface area contributed by atoms with Crippen LogP contribution in [0.1, 0.15) is 33.6 Å². The van der Waals surface area contributed by atoms with E-state index in [4.69, 9.17) is 15.2 Å². The molecule has 0 aliphatic rings. The summed E-state index contributed by atoms with van der Waals surface area (Å²) in [4.78, 5) is 2.44. The lowest BCUT2D eigenvalue weighted by atomic mass is 9.89. The van der Waals surface area contributed by atoms with Crippen molar-refractivity contribution in [2.45, 2.75) is 45.2 Å². The summed E-state index contributed by atoms with van der Waals surface area (Å²) < 4.78 is 10.5. The van der Waals surface area contributed by atoms with Crippen LogP contribution >= 0.6 is 0 Å². The molecule has 0 aliphatic heterocycles. The van der Waals surface area contributed by atoms with E-state index in [1.807, 2.05) is 0 Å². The molecular weight excluding hydrogens is 216 g/mol. The largest absolute Gasteiger partial charge is 0.383 e. The van der Waals surface area contributed by atoms with Crippen molar-refractivity contribution in [2.24, 2.45) is 5.73 Å². The Labute approximate surface area is 106 Å². The Balaban J connectivity index is 4.83. The smallest absolute Gasteiger partial charge is 0.0615 e. The van der Waals surface area contributed by atoms with Crippen LogP contribution in [0, 0.1) is 0 Å². The highest BCUT2D eigenvalue weighted by atomic mass is 16.5. The summed E-state index contributed by atoms with van der Waals surface area (Å²) in [7, 11) is 3.48. The average molecular weight is 246 g/mol. The SMILES string of the molecule is CCC(CC)(CN)N(CCOC)C(C)COC. The molecule has 0 rings (SSSR count). The van der Waals surface area contributed by atoms with E-state index in [0.29, 0.717) is 12.6 Å². The van der Waals surface area contributed by atoms with E-state index in [1.165, 1.54) is 0 Å². The Morgan fingerprint density at radius 2 is 1.76 bits per heavy atom. The molecule has 0 fully saturated rings. The minimum absolute atomic E-state index is 0.0659. The van der Waals surface area contributed by atoms with Crippen molar-refractivity contribution in [3.63, 3.8) is 0 Å². The van der Waals surface area contributed by atoms with Crippen LogP contribution in [-0.4, -0.2) is 57.0 Å². The highest BCUT2D eigenvalue weighted by molar-refractivity contribution is 4.92. The van der Waals surface area contributed by atoms with Gasteiger partial charge >= 0.3 is 0 Å². The van der Waals surface area contributed by atoms with Gasteiger partial charge in [0.15, 0.2) is 0 Å². The third-order valence-corrected chi connectivity index (χ3v) is 3.78. The predicted octanol–water partition coefficient (Wildman–Crippen LogP) is 1.49. The van der Waals surface area contributed by atoms with Crippen LogP contribution in [0.3, 0.4) is 0 Å². The number of hydrogen-bond acceptors (Lipinski definition) is 4. The molecule has 104 valence electrons. The molecule has 0 bridgehead atoms. The van der Waals surface area contributed by atoms with E-state index in [9.17, 15) is 0 Å². The first-order valence-electron chi connectivity index (χ1n) is 6.56. The zero-order valence-corrected chi connectivity index (χ0v) is 12.2. The number of methoxy groups -OCH3 is 2. The second-order valence-corrected chi connectivity index (χ2v) is 4.63. The third kappa shape index (κ3) is 4.54. The van der Waals surface area contributed by atoms with Gasteiger partial charge in [-0.15, -0.1) is 0 Å². The highest BCUT2D eigenvalue weighted by Gasteiger charge is 2.34. The van der Waals surface area contributed by atoms with Crippen LogP contribution in [0.5, 0.6) is 0 Å². The number of rotatable bonds is 10. The van der Waals surface area contributed by atoms with E-state index in [2.05, 4.69) is 25.7 Å². The van der Waals surface area contributed by atoms with Crippen LogP contribution in [-0.2, 0) is 9.47 Å². The van der Waals surface area contributed by atoms with Gasteiger partial charge in [-0.05, 0) is 19.8 Å². The summed E-state index contributed by atoms with van der Waals surface area (Å²) in [6.07, 6.45) is 2.11. The summed E-state index contributed by atoms with van der Waals surface area (Å²) in [6, 6.07) is 0.360. The fraction of sp³-hybridized carbons (Fsp3) is 1.00. The van der Waals surface area contributed by atoms with E-state index in [0.717, 1.165) is 32.6 Å². The zero-order valence-electron chi connectivity index (χ0n) is 12.2. The number of hydrogen-bond donors (Lipinski definition) is 1. The van der Waals surface area contributed by atoms with Crippen molar-refractivity contribution in [3.05, 3.63) is 0 Å². The van der Waals surface area contributed by atoms with Gasteiger partial charge in [-0.1, -0.05) is 13.8 Å². The molecule has 1 unspecified atom stereocenters. The summed E-state index contributed by atoms with van der Waals surface area (Å²) in [6.45, 7) is 9.64. The van der Waals surface area contributed by atoms with Crippen LogP contribution in [0.4, 0.5) is 0 Å². The summed E-state index contributed by atoms with van der Waals surface area (Å²) in [5, 5.41) is 0. The van der Waals surface area contributed by atoms with Gasteiger partial charge in [0.05, 0.1) is 13.2 Å². The number of ether oxygens (including phenoxy) is 2. The van der Waals surface area contributed by atoms with Crippen LogP contribution < -0.4 is 5.73 Å².